The first kappa shape index (κ1) is 12.9. The van der Waals surface area contributed by atoms with Crippen molar-refractivity contribution in [2.45, 2.75) is 0 Å². The van der Waals surface area contributed by atoms with Gasteiger partial charge < -0.3 is 10.6 Å². The van der Waals surface area contributed by atoms with Gasteiger partial charge in [0, 0.05) is 0 Å². The third-order valence-corrected chi connectivity index (χ3v) is 2.01. The van der Waals surface area contributed by atoms with Crippen LogP contribution in [0.3, 0.4) is 0 Å². The lowest BCUT2D eigenvalue weighted by atomic mass is 10.3. The Hall–Kier alpha value is -1.21. The van der Waals surface area contributed by atoms with Crippen LogP contribution in [0.2, 0.25) is 0 Å². The molecule has 0 bridgehead atoms. The molecular weight excluding hydrogens is 246 g/mol. The fourth-order valence-corrected chi connectivity index (χ4v) is 1.30. The number of nitrogens with zero attached hydrogens (tertiary/aromatic N) is 1. The van der Waals surface area contributed by atoms with E-state index in [0.717, 1.165) is 0 Å². The van der Waals surface area contributed by atoms with Crippen LogP contribution in [0, 0.1) is 0 Å². The van der Waals surface area contributed by atoms with Crippen molar-refractivity contribution in [2.24, 2.45) is 0 Å². The van der Waals surface area contributed by atoms with E-state index >= 15 is 0 Å². The lowest BCUT2D eigenvalue weighted by Crippen LogP contribution is -2.26. The largest absolute Gasteiger partial charge is 0.342 e. The summed E-state index contributed by atoms with van der Waals surface area (Å²) >= 11 is 7.72. The van der Waals surface area contributed by atoms with Crippen molar-refractivity contribution in [3.63, 3.8) is 0 Å². The van der Waals surface area contributed by atoms with Crippen LogP contribution in [0.1, 0.15) is 21.0 Å². The minimum Gasteiger partial charge on any atom is -0.342 e. The van der Waals surface area contributed by atoms with Crippen LogP contribution in [-0.2, 0) is 0 Å². The lowest BCUT2D eigenvalue weighted by molar-refractivity contribution is 0.0952. The van der Waals surface area contributed by atoms with E-state index in [2.05, 4.69) is 40.9 Å². The molecule has 0 fully saturated rings. The van der Waals surface area contributed by atoms with Gasteiger partial charge in [0.2, 0.25) is 0 Å². The van der Waals surface area contributed by atoms with E-state index in [1.165, 1.54) is 12.1 Å². The van der Waals surface area contributed by atoms with Crippen molar-refractivity contribution in [1.82, 2.24) is 15.6 Å². The third-order valence-electron chi connectivity index (χ3n) is 1.69. The minimum absolute atomic E-state index is 0.181. The van der Waals surface area contributed by atoms with E-state index in [1.54, 1.807) is 6.07 Å². The molecule has 0 radical (unpaired) electrons. The number of thiol groups is 2. The molecule has 0 spiro atoms. The summed E-state index contributed by atoms with van der Waals surface area (Å²) in [5.74, 6) is -0.299. The second-order valence-corrected chi connectivity index (χ2v) is 3.37. The maximum atomic E-state index is 11.4. The first-order valence-electron chi connectivity index (χ1n) is 4.44. The number of rotatable bonds is 4. The number of nitrogens with one attached hydrogen (secondary N) is 2. The van der Waals surface area contributed by atoms with E-state index < -0.39 is 0 Å². The molecule has 1 heterocycles. The van der Waals surface area contributed by atoms with Gasteiger partial charge in [-0.3, -0.25) is 9.59 Å². The zero-order chi connectivity index (χ0) is 12.0. The molecule has 0 atom stereocenters. The van der Waals surface area contributed by atoms with Crippen molar-refractivity contribution in [3.05, 3.63) is 29.6 Å². The Balaban J connectivity index is 2.86. The standard InChI is InChI=1S/C9H11N3O2S2/c13-8(10-4-15)6-2-1-3-7(12-6)9(14)11-5-16/h1-3,15-16H,4-5H2,(H,10,13)(H,11,14). The zero-order valence-electron chi connectivity index (χ0n) is 8.30. The molecule has 1 aromatic rings. The molecular formula is C9H11N3O2S2. The van der Waals surface area contributed by atoms with Crippen LogP contribution in [-0.4, -0.2) is 28.6 Å². The number of hydrogen-bond donors (Lipinski definition) is 4. The maximum absolute atomic E-state index is 11.4. The topological polar surface area (TPSA) is 71.1 Å². The van der Waals surface area contributed by atoms with Gasteiger partial charge in [0.15, 0.2) is 0 Å². The Labute approximate surface area is 104 Å². The Morgan fingerprint density at radius 3 is 1.88 bits per heavy atom. The zero-order valence-corrected chi connectivity index (χ0v) is 10.1. The fourth-order valence-electron chi connectivity index (χ4n) is 1.01. The molecule has 0 aromatic carbocycles. The summed E-state index contributed by atoms with van der Waals surface area (Å²) in [5.41, 5.74) is 0.363. The van der Waals surface area contributed by atoms with Gasteiger partial charge in [-0.2, -0.15) is 25.3 Å². The van der Waals surface area contributed by atoms with Crippen LogP contribution in [0.25, 0.3) is 0 Å². The smallest absolute Gasteiger partial charge is 0.270 e. The number of amides is 2. The summed E-state index contributed by atoms with van der Waals surface area (Å²) in [4.78, 5) is 26.7. The van der Waals surface area contributed by atoms with Crippen molar-refractivity contribution in [1.29, 1.82) is 0 Å². The molecule has 0 saturated carbocycles. The summed E-state index contributed by atoms with van der Waals surface area (Å²) < 4.78 is 0. The van der Waals surface area contributed by atoms with Crippen LogP contribution in [0.4, 0.5) is 0 Å². The summed E-state index contributed by atoms with van der Waals surface area (Å²) in [5, 5.41) is 4.95. The molecule has 16 heavy (non-hydrogen) atoms. The first-order chi connectivity index (χ1) is 7.69. The van der Waals surface area contributed by atoms with Gasteiger partial charge in [0.25, 0.3) is 11.8 Å². The molecule has 0 aliphatic rings. The normalized spacial score (nSPS) is 9.62. The highest BCUT2D eigenvalue weighted by atomic mass is 32.1. The number of carbonyl (C=O) groups is 2. The van der Waals surface area contributed by atoms with E-state index in [4.69, 9.17) is 0 Å². The maximum Gasteiger partial charge on any atom is 0.270 e. The van der Waals surface area contributed by atoms with Gasteiger partial charge in [0.1, 0.15) is 11.4 Å². The monoisotopic (exact) mass is 257 g/mol. The van der Waals surface area contributed by atoms with Gasteiger partial charge in [-0.05, 0) is 12.1 Å². The quantitative estimate of drug-likeness (QED) is 0.463. The Kier molecular flexibility index (Phi) is 5.13. The molecule has 2 N–H and O–H groups in total. The van der Waals surface area contributed by atoms with Gasteiger partial charge in [-0.15, -0.1) is 0 Å². The first-order valence-corrected chi connectivity index (χ1v) is 5.70. The predicted octanol–water partition coefficient (Wildman–Crippen LogP) is 0.316. The van der Waals surface area contributed by atoms with Gasteiger partial charge in [-0.25, -0.2) is 4.98 Å². The van der Waals surface area contributed by atoms with Crippen LogP contribution in [0.15, 0.2) is 18.2 Å². The molecule has 1 aromatic heterocycles. The Morgan fingerprint density at radius 1 is 1.06 bits per heavy atom. The van der Waals surface area contributed by atoms with E-state index in [1.807, 2.05) is 0 Å². The van der Waals surface area contributed by atoms with Gasteiger partial charge >= 0.3 is 0 Å². The average Bonchev–Trinajstić information content (AvgIpc) is 2.30. The Bertz CT molecular complexity index is 365. The SMILES string of the molecule is O=C(NCS)c1cccc(C(=O)NCS)n1. The van der Waals surface area contributed by atoms with Crippen LogP contribution >= 0.6 is 25.3 Å². The second-order valence-electron chi connectivity index (χ2n) is 2.74. The highest BCUT2D eigenvalue weighted by Gasteiger charge is 2.10. The molecule has 0 saturated heterocycles. The molecule has 1 rings (SSSR count). The molecule has 0 unspecified atom stereocenters. The number of pyridine rings is 1. The molecule has 0 aliphatic carbocycles. The van der Waals surface area contributed by atoms with Crippen LogP contribution in [0.5, 0.6) is 0 Å². The van der Waals surface area contributed by atoms with Crippen LogP contribution < -0.4 is 10.6 Å². The molecule has 86 valence electrons. The lowest BCUT2D eigenvalue weighted by Gasteiger charge is -2.04. The molecule has 0 aliphatic heterocycles. The highest BCUT2D eigenvalue weighted by molar-refractivity contribution is 7.80. The number of hydrogen-bond acceptors (Lipinski definition) is 5. The molecule has 7 heteroatoms. The van der Waals surface area contributed by atoms with Gasteiger partial charge in [0.05, 0.1) is 11.8 Å². The summed E-state index contributed by atoms with van der Waals surface area (Å²) in [6.45, 7) is 0. The fraction of sp³-hybridized carbons (Fsp3) is 0.222. The summed E-state index contributed by atoms with van der Waals surface area (Å²) in [7, 11) is 0. The highest BCUT2D eigenvalue weighted by Crippen LogP contribution is 2.00. The second kappa shape index (κ2) is 6.39. The van der Waals surface area contributed by atoms with E-state index in [9.17, 15) is 9.59 Å². The van der Waals surface area contributed by atoms with Crippen molar-refractivity contribution in [3.8, 4) is 0 Å². The summed E-state index contributed by atoms with van der Waals surface area (Å²) in [6, 6.07) is 4.64. The average molecular weight is 257 g/mol. The molecule has 5 nitrogen and oxygen atoms in total. The van der Waals surface area contributed by atoms with Gasteiger partial charge in [-0.1, -0.05) is 6.07 Å². The van der Waals surface area contributed by atoms with Crippen molar-refractivity contribution in [2.75, 3.05) is 11.8 Å². The van der Waals surface area contributed by atoms with E-state index in [0.29, 0.717) is 0 Å². The van der Waals surface area contributed by atoms with Crippen molar-refractivity contribution >= 4 is 37.1 Å². The molecule has 2 amide bonds. The number of aromatic nitrogens is 1. The van der Waals surface area contributed by atoms with Crippen molar-refractivity contribution < 1.29 is 9.59 Å². The number of carbonyl (C=O) groups excluding carboxylic acids is 2. The Morgan fingerprint density at radius 2 is 1.50 bits per heavy atom. The summed E-state index contributed by atoms with van der Waals surface area (Å²) in [6.07, 6.45) is 0. The minimum atomic E-state index is -0.365. The van der Waals surface area contributed by atoms with E-state index in [-0.39, 0.29) is 35.0 Å². The predicted molar refractivity (Wildman–Crippen MR) is 66.9 cm³/mol. The third kappa shape index (κ3) is 3.42.